The van der Waals surface area contributed by atoms with Crippen LogP contribution in [0.2, 0.25) is 0 Å². The molecule has 1 unspecified atom stereocenters. The minimum absolute atomic E-state index is 0.0994. The molecule has 7 heteroatoms. The van der Waals surface area contributed by atoms with Crippen LogP contribution in [-0.2, 0) is 16.0 Å². The van der Waals surface area contributed by atoms with Crippen molar-refractivity contribution in [2.24, 2.45) is 0 Å². The molecule has 1 amide bonds. The molecule has 3 rings (SSSR count). The molecule has 3 heterocycles. The number of aryl methyl sites for hydroxylation is 3. The van der Waals surface area contributed by atoms with Gasteiger partial charge in [-0.15, -0.1) is 0 Å². The molecule has 0 aromatic carbocycles. The number of nitrogens with zero attached hydrogens (tertiary/aromatic N) is 3. The zero-order valence-corrected chi connectivity index (χ0v) is 15.2. The van der Waals surface area contributed by atoms with E-state index in [0.717, 1.165) is 34.0 Å². The van der Waals surface area contributed by atoms with Crippen molar-refractivity contribution in [3.05, 3.63) is 40.5 Å². The summed E-state index contributed by atoms with van der Waals surface area (Å²) in [5.74, 6) is 0.0994. The summed E-state index contributed by atoms with van der Waals surface area (Å²) in [6, 6.07) is 3.97. The molecule has 1 aliphatic heterocycles. The number of rotatable bonds is 4. The maximum atomic E-state index is 12.7. The predicted octanol–water partition coefficient (Wildman–Crippen LogP) is 1.91. The average Bonchev–Trinajstić information content (AvgIpc) is 2.93. The lowest BCUT2D eigenvalue weighted by Crippen LogP contribution is -2.43. The number of carbonyl (C=O) groups is 1. The number of anilines is 1. The fourth-order valence-electron chi connectivity index (χ4n) is 3.16. The molecule has 2 aromatic heterocycles. The minimum atomic E-state index is -0.198. The monoisotopic (exact) mass is 343 g/mol. The first-order valence-corrected chi connectivity index (χ1v) is 8.54. The largest absolute Gasteiger partial charge is 0.388 e. The Balaban J connectivity index is 1.72. The van der Waals surface area contributed by atoms with Gasteiger partial charge in [0.25, 0.3) is 0 Å². The molecule has 0 radical (unpaired) electrons. The van der Waals surface area contributed by atoms with Gasteiger partial charge in [0.15, 0.2) is 0 Å². The summed E-state index contributed by atoms with van der Waals surface area (Å²) in [5.41, 5.74) is 5.61. The molecule has 1 fully saturated rings. The number of carbonyl (C=O) groups excluding carboxylic acids is 1. The average molecular weight is 343 g/mol. The van der Waals surface area contributed by atoms with E-state index in [1.807, 2.05) is 44.9 Å². The van der Waals surface area contributed by atoms with E-state index in [1.54, 1.807) is 0 Å². The molecule has 7 nitrogen and oxygen atoms in total. The van der Waals surface area contributed by atoms with Crippen molar-refractivity contribution in [3.63, 3.8) is 0 Å². The highest BCUT2D eigenvalue weighted by molar-refractivity contribution is 5.79. The third kappa shape index (κ3) is 3.82. The molecule has 0 saturated carbocycles. The SMILES string of the molecule is CNc1cc(C)nc(C2CN(C(=O)Cc3c(C)n[nH]c3C)CCO2)c1. The summed E-state index contributed by atoms with van der Waals surface area (Å²) in [7, 11) is 1.88. The normalized spacial score (nSPS) is 17.6. The van der Waals surface area contributed by atoms with Gasteiger partial charge in [-0.3, -0.25) is 14.9 Å². The molecule has 1 aliphatic rings. The highest BCUT2D eigenvalue weighted by Crippen LogP contribution is 2.24. The molecule has 1 atom stereocenters. The Hall–Kier alpha value is -2.41. The van der Waals surface area contributed by atoms with Gasteiger partial charge >= 0.3 is 0 Å². The molecular weight excluding hydrogens is 318 g/mol. The van der Waals surface area contributed by atoms with Crippen LogP contribution in [0.5, 0.6) is 0 Å². The fraction of sp³-hybridized carbons (Fsp3) is 0.500. The van der Waals surface area contributed by atoms with Crippen molar-refractivity contribution in [1.29, 1.82) is 0 Å². The van der Waals surface area contributed by atoms with Gasteiger partial charge < -0.3 is 15.0 Å². The maximum Gasteiger partial charge on any atom is 0.227 e. The Kier molecular flexibility index (Phi) is 5.03. The Morgan fingerprint density at radius 2 is 2.20 bits per heavy atom. The third-order valence-corrected chi connectivity index (χ3v) is 4.62. The number of nitrogens with one attached hydrogen (secondary N) is 2. The molecule has 134 valence electrons. The number of pyridine rings is 1. The fourth-order valence-corrected chi connectivity index (χ4v) is 3.16. The Morgan fingerprint density at radius 3 is 2.88 bits per heavy atom. The van der Waals surface area contributed by atoms with Gasteiger partial charge in [-0.2, -0.15) is 5.10 Å². The molecule has 0 bridgehead atoms. The zero-order valence-electron chi connectivity index (χ0n) is 15.2. The lowest BCUT2D eigenvalue weighted by atomic mass is 10.1. The summed E-state index contributed by atoms with van der Waals surface area (Å²) < 4.78 is 5.88. The highest BCUT2D eigenvalue weighted by atomic mass is 16.5. The maximum absolute atomic E-state index is 12.7. The smallest absolute Gasteiger partial charge is 0.227 e. The third-order valence-electron chi connectivity index (χ3n) is 4.62. The van der Waals surface area contributed by atoms with E-state index in [-0.39, 0.29) is 12.0 Å². The topological polar surface area (TPSA) is 83.1 Å². The van der Waals surface area contributed by atoms with Crippen molar-refractivity contribution in [2.75, 3.05) is 32.1 Å². The lowest BCUT2D eigenvalue weighted by Gasteiger charge is -2.33. The first-order valence-electron chi connectivity index (χ1n) is 8.54. The number of hydrogen-bond acceptors (Lipinski definition) is 5. The van der Waals surface area contributed by atoms with Gasteiger partial charge in [0, 0.05) is 36.2 Å². The summed E-state index contributed by atoms with van der Waals surface area (Å²) in [6.07, 6.45) is 0.167. The number of aromatic amines is 1. The van der Waals surface area contributed by atoms with E-state index >= 15 is 0 Å². The number of ether oxygens (including phenoxy) is 1. The second-order valence-electron chi connectivity index (χ2n) is 6.46. The van der Waals surface area contributed by atoms with Crippen LogP contribution < -0.4 is 5.32 Å². The lowest BCUT2D eigenvalue weighted by molar-refractivity contribution is -0.138. The second-order valence-corrected chi connectivity index (χ2v) is 6.46. The van der Waals surface area contributed by atoms with Crippen molar-refractivity contribution >= 4 is 11.6 Å². The molecule has 0 aliphatic carbocycles. The van der Waals surface area contributed by atoms with Crippen molar-refractivity contribution in [1.82, 2.24) is 20.1 Å². The van der Waals surface area contributed by atoms with Gasteiger partial charge in [-0.05, 0) is 32.9 Å². The van der Waals surface area contributed by atoms with Gasteiger partial charge in [0.1, 0.15) is 6.10 Å². The number of hydrogen-bond donors (Lipinski definition) is 2. The highest BCUT2D eigenvalue weighted by Gasteiger charge is 2.27. The van der Waals surface area contributed by atoms with E-state index in [2.05, 4.69) is 20.5 Å². The molecule has 1 saturated heterocycles. The van der Waals surface area contributed by atoms with E-state index in [1.165, 1.54) is 0 Å². The number of morpholine rings is 1. The first-order chi connectivity index (χ1) is 12.0. The summed E-state index contributed by atoms with van der Waals surface area (Å²) in [5, 5.41) is 10.2. The number of aromatic nitrogens is 3. The Labute approximate surface area is 147 Å². The number of H-pyrrole nitrogens is 1. The van der Waals surface area contributed by atoms with Crippen LogP contribution in [0.3, 0.4) is 0 Å². The van der Waals surface area contributed by atoms with Crippen LogP contribution in [0.25, 0.3) is 0 Å². The molecule has 2 N–H and O–H groups in total. The second kappa shape index (κ2) is 7.23. The Morgan fingerprint density at radius 1 is 1.40 bits per heavy atom. The molecule has 25 heavy (non-hydrogen) atoms. The van der Waals surface area contributed by atoms with Crippen LogP contribution in [0, 0.1) is 20.8 Å². The van der Waals surface area contributed by atoms with E-state index in [0.29, 0.717) is 26.1 Å². The van der Waals surface area contributed by atoms with E-state index in [4.69, 9.17) is 4.74 Å². The summed E-state index contributed by atoms with van der Waals surface area (Å²) in [4.78, 5) is 19.2. The molecule has 0 spiro atoms. The quantitative estimate of drug-likeness (QED) is 0.886. The summed E-state index contributed by atoms with van der Waals surface area (Å²) >= 11 is 0. The van der Waals surface area contributed by atoms with Crippen LogP contribution in [-0.4, -0.2) is 52.7 Å². The molecular formula is C18H25N5O2. The van der Waals surface area contributed by atoms with Crippen LogP contribution in [0.4, 0.5) is 5.69 Å². The minimum Gasteiger partial charge on any atom is -0.388 e. The van der Waals surface area contributed by atoms with Crippen molar-refractivity contribution < 1.29 is 9.53 Å². The van der Waals surface area contributed by atoms with Crippen LogP contribution in [0.15, 0.2) is 12.1 Å². The predicted molar refractivity (Wildman–Crippen MR) is 95.6 cm³/mol. The first kappa shape index (κ1) is 17.4. The van der Waals surface area contributed by atoms with E-state index in [9.17, 15) is 4.79 Å². The number of amides is 1. The van der Waals surface area contributed by atoms with E-state index < -0.39 is 0 Å². The van der Waals surface area contributed by atoms with Gasteiger partial charge in [-0.25, -0.2) is 0 Å². The van der Waals surface area contributed by atoms with Crippen molar-refractivity contribution in [3.8, 4) is 0 Å². The molecule has 2 aromatic rings. The van der Waals surface area contributed by atoms with Crippen molar-refractivity contribution in [2.45, 2.75) is 33.3 Å². The summed E-state index contributed by atoms with van der Waals surface area (Å²) in [6.45, 7) is 7.47. The Bertz CT molecular complexity index is 751. The van der Waals surface area contributed by atoms with Gasteiger partial charge in [0.05, 0.1) is 31.0 Å². The standard InChI is InChI=1S/C18H25N5O2/c1-11-7-14(19-4)8-16(20-11)17-10-23(5-6-25-17)18(24)9-15-12(2)21-22-13(15)3/h7-8,17H,5-6,9-10H2,1-4H3,(H,19,20)(H,21,22). The van der Waals surface area contributed by atoms with Crippen LogP contribution >= 0.6 is 0 Å². The van der Waals surface area contributed by atoms with Crippen LogP contribution in [0.1, 0.15) is 34.4 Å². The zero-order chi connectivity index (χ0) is 18.0. The van der Waals surface area contributed by atoms with Gasteiger partial charge in [-0.1, -0.05) is 0 Å². The van der Waals surface area contributed by atoms with Gasteiger partial charge in [0.2, 0.25) is 5.91 Å².